The fourth-order valence-corrected chi connectivity index (χ4v) is 4.56. The van der Waals surface area contributed by atoms with Gasteiger partial charge in [-0.1, -0.05) is 24.3 Å². The van der Waals surface area contributed by atoms with Crippen molar-refractivity contribution in [3.05, 3.63) is 77.9 Å². The van der Waals surface area contributed by atoms with Crippen LogP contribution < -0.4 is 0 Å². The lowest BCUT2D eigenvalue weighted by Crippen LogP contribution is -2.43. The van der Waals surface area contributed by atoms with Crippen molar-refractivity contribution in [2.24, 2.45) is 5.41 Å². The predicted octanol–water partition coefficient (Wildman–Crippen LogP) is 4.40. The summed E-state index contributed by atoms with van der Waals surface area (Å²) in [6.45, 7) is 1.12. The van der Waals surface area contributed by atoms with Gasteiger partial charge in [-0.3, -0.25) is 9.78 Å². The van der Waals surface area contributed by atoms with E-state index in [1.807, 2.05) is 4.90 Å². The van der Waals surface area contributed by atoms with E-state index in [0.29, 0.717) is 42.9 Å². The summed E-state index contributed by atoms with van der Waals surface area (Å²) >= 11 is 0. The molecule has 0 N–H and O–H groups in total. The van der Waals surface area contributed by atoms with Crippen molar-refractivity contribution >= 4 is 5.91 Å². The smallest absolute Gasteiger partial charge is 0.256 e. The summed E-state index contributed by atoms with van der Waals surface area (Å²) in [4.78, 5) is 27.8. The first-order valence-electron chi connectivity index (χ1n) is 11.2. The van der Waals surface area contributed by atoms with Crippen molar-refractivity contribution in [2.75, 3.05) is 13.1 Å². The average Bonchev–Trinajstić information content (AvgIpc) is 3.71. The van der Waals surface area contributed by atoms with Crippen molar-refractivity contribution in [1.82, 2.24) is 19.9 Å². The number of pyridine rings is 1. The average molecular weight is 424 g/mol. The van der Waals surface area contributed by atoms with Crippen LogP contribution in [-0.2, 0) is 6.42 Å². The zero-order valence-corrected chi connectivity index (χ0v) is 17.9. The van der Waals surface area contributed by atoms with E-state index >= 15 is 0 Å². The highest BCUT2D eigenvalue weighted by Crippen LogP contribution is 2.41. The number of hydrogen-bond acceptors (Lipinski definition) is 5. The number of likely N-dealkylation sites (tertiary alicyclic amines) is 1. The van der Waals surface area contributed by atoms with Crippen LogP contribution in [0.1, 0.15) is 53.1 Å². The predicted molar refractivity (Wildman–Crippen MR) is 121 cm³/mol. The van der Waals surface area contributed by atoms with Gasteiger partial charge >= 0.3 is 0 Å². The van der Waals surface area contributed by atoms with Gasteiger partial charge in [0.25, 0.3) is 5.91 Å². The van der Waals surface area contributed by atoms with E-state index in [-0.39, 0.29) is 5.91 Å². The van der Waals surface area contributed by atoms with Gasteiger partial charge in [-0.2, -0.15) is 5.26 Å². The van der Waals surface area contributed by atoms with Crippen molar-refractivity contribution in [1.29, 1.82) is 5.26 Å². The van der Waals surface area contributed by atoms with E-state index in [9.17, 15) is 10.1 Å². The molecule has 1 aromatic carbocycles. The Labute approximate surface area is 188 Å². The number of hydrogen-bond donors (Lipinski definition) is 0. The van der Waals surface area contributed by atoms with Crippen molar-refractivity contribution in [2.45, 2.75) is 38.0 Å². The molecule has 32 heavy (non-hydrogen) atoms. The number of benzene rings is 1. The van der Waals surface area contributed by atoms with Crippen LogP contribution in [0.4, 0.5) is 0 Å². The van der Waals surface area contributed by atoms with Gasteiger partial charge in [-0.05, 0) is 67.3 Å². The number of carbonyl (C=O) groups excluding carboxylic acids is 1. The molecule has 1 aliphatic carbocycles. The maximum absolute atomic E-state index is 13.3. The summed E-state index contributed by atoms with van der Waals surface area (Å²) in [5.41, 5.74) is 3.91. The zero-order valence-electron chi connectivity index (χ0n) is 17.9. The Morgan fingerprint density at radius 3 is 2.50 bits per heavy atom. The van der Waals surface area contributed by atoms with Crippen LogP contribution in [0.25, 0.3) is 11.4 Å². The van der Waals surface area contributed by atoms with E-state index in [4.69, 9.17) is 0 Å². The van der Waals surface area contributed by atoms with E-state index in [1.54, 1.807) is 30.6 Å². The first-order chi connectivity index (χ1) is 15.7. The maximum atomic E-state index is 13.3. The van der Waals surface area contributed by atoms with Crippen LogP contribution in [0.15, 0.2) is 61.2 Å². The second-order valence-corrected chi connectivity index (χ2v) is 8.87. The highest BCUT2D eigenvalue weighted by molar-refractivity contribution is 5.99. The Hall–Kier alpha value is -3.59. The van der Waals surface area contributed by atoms with Gasteiger partial charge in [-0.15, -0.1) is 0 Å². The van der Waals surface area contributed by atoms with Gasteiger partial charge in [-0.25, -0.2) is 9.97 Å². The van der Waals surface area contributed by atoms with E-state index < -0.39 is 5.41 Å². The number of nitriles is 1. The fourth-order valence-electron chi connectivity index (χ4n) is 4.56. The molecule has 2 aliphatic rings. The molecule has 0 bridgehead atoms. The third-order valence-electron chi connectivity index (χ3n) is 6.68. The number of aromatic nitrogens is 3. The minimum Gasteiger partial charge on any atom is -0.338 e. The summed E-state index contributed by atoms with van der Waals surface area (Å²) in [6.07, 6.45) is 9.42. The largest absolute Gasteiger partial charge is 0.338 e. The Morgan fingerprint density at radius 1 is 1.06 bits per heavy atom. The topological polar surface area (TPSA) is 82.8 Å². The van der Waals surface area contributed by atoms with E-state index in [2.05, 4.69) is 45.3 Å². The minimum atomic E-state index is -0.428. The zero-order chi connectivity index (χ0) is 22.0. The van der Waals surface area contributed by atoms with Gasteiger partial charge < -0.3 is 4.90 Å². The summed E-state index contributed by atoms with van der Waals surface area (Å²) in [5, 5.41) is 10.0. The van der Waals surface area contributed by atoms with Crippen LogP contribution in [0.5, 0.6) is 0 Å². The van der Waals surface area contributed by atoms with Crippen LogP contribution in [0.2, 0.25) is 0 Å². The highest BCUT2D eigenvalue weighted by atomic mass is 16.2. The molecule has 6 heteroatoms. The quantitative estimate of drug-likeness (QED) is 0.607. The molecule has 3 aromatic rings. The molecule has 2 aromatic heterocycles. The van der Waals surface area contributed by atoms with E-state index in [0.717, 1.165) is 12.3 Å². The van der Waals surface area contributed by atoms with Crippen LogP contribution in [0, 0.1) is 16.7 Å². The summed E-state index contributed by atoms with van der Waals surface area (Å²) in [7, 11) is 0. The third kappa shape index (κ3) is 4.11. The molecule has 0 atom stereocenters. The summed E-state index contributed by atoms with van der Waals surface area (Å²) in [6, 6.07) is 16.7. The highest BCUT2D eigenvalue weighted by Gasteiger charge is 2.37. The first-order valence-corrected chi connectivity index (χ1v) is 11.2. The summed E-state index contributed by atoms with van der Waals surface area (Å²) in [5.74, 6) is 0.676. The molecular weight excluding hydrogens is 398 g/mol. The molecule has 160 valence electrons. The normalized spacial score (nSPS) is 17.5. The molecule has 0 radical (unpaired) electrons. The van der Waals surface area contributed by atoms with Crippen molar-refractivity contribution in [3.63, 3.8) is 0 Å². The van der Waals surface area contributed by atoms with E-state index in [1.165, 1.54) is 30.3 Å². The van der Waals surface area contributed by atoms with Crippen molar-refractivity contribution in [3.8, 4) is 17.5 Å². The second-order valence-electron chi connectivity index (χ2n) is 8.87. The summed E-state index contributed by atoms with van der Waals surface area (Å²) < 4.78 is 0. The molecule has 1 amide bonds. The molecule has 3 heterocycles. The first kappa shape index (κ1) is 20.3. The number of carbonyl (C=O) groups is 1. The third-order valence-corrected chi connectivity index (χ3v) is 6.68. The number of rotatable bonds is 5. The molecule has 6 nitrogen and oxygen atoms in total. The molecule has 1 aliphatic heterocycles. The second kappa shape index (κ2) is 8.51. The Bertz CT molecular complexity index is 1140. The maximum Gasteiger partial charge on any atom is 0.256 e. The van der Waals surface area contributed by atoms with Crippen molar-refractivity contribution < 1.29 is 4.79 Å². The lowest BCUT2D eigenvalue weighted by Gasteiger charge is -2.37. The Morgan fingerprint density at radius 2 is 1.84 bits per heavy atom. The Balaban J connectivity index is 1.29. The fraction of sp³-hybridized carbons (Fsp3) is 0.346. The van der Waals surface area contributed by atoms with Crippen LogP contribution in [-0.4, -0.2) is 38.8 Å². The molecule has 0 unspecified atom stereocenters. The SMILES string of the molecule is N#CC1(Cc2ccc(C3CC3)cc2)CCN(C(=O)c2cccnc2-c2ccncn2)CC1. The van der Waals surface area contributed by atoms with Gasteiger partial charge in [0.2, 0.25) is 0 Å². The molecule has 5 rings (SSSR count). The van der Waals surface area contributed by atoms with Gasteiger partial charge in [0.1, 0.15) is 12.0 Å². The number of amides is 1. The Kier molecular flexibility index (Phi) is 5.40. The number of piperidine rings is 1. The molecule has 2 fully saturated rings. The van der Waals surface area contributed by atoms with Crippen LogP contribution in [0.3, 0.4) is 0 Å². The molecule has 1 saturated carbocycles. The lowest BCUT2D eigenvalue weighted by molar-refractivity contribution is 0.0647. The monoisotopic (exact) mass is 423 g/mol. The lowest BCUT2D eigenvalue weighted by atomic mass is 9.75. The van der Waals surface area contributed by atoms with Crippen LogP contribution >= 0.6 is 0 Å². The minimum absolute atomic E-state index is 0.0629. The number of nitrogens with zero attached hydrogens (tertiary/aromatic N) is 5. The molecular formula is C26H25N5O. The van der Waals surface area contributed by atoms with Gasteiger partial charge in [0.05, 0.1) is 22.7 Å². The standard InChI is InChI=1S/C26H25N5O/c27-17-26(16-19-3-5-20(6-4-19)21-7-8-21)10-14-31(15-11-26)25(32)22-2-1-12-29-24(22)23-9-13-28-18-30-23/h1-6,9,12-13,18,21H,7-8,10-11,14-16H2. The van der Waals surface area contributed by atoms with Gasteiger partial charge in [0.15, 0.2) is 0 Å². The van der Waals surface area contributed by atoms with Gasteiger partial charge in [0, 0.05) is 25.5 Å². The molecule has 1 saturated heterocycles. The molecule has 0 spiro atoms.